The Bertz CT molecular complexity index is 118. The lowest BCUT2D eigenvalue weighted by atomic mass is 10.3. The van der Waals surface area contributed by atoms with Crippen molar-refractivity contribution < 1.29 is 0 Å². The minimum atomic E-state index is 1.08. The molecule has 0 radical (unpaired) electrons. The molecule has 0 aromatic carbocycles. The molecule has 2 rings (SSSR count). The lowest BCUT2D eigenvalue weighted by molar-refractivity contribution is 0.857. The quantitative estimate of drug-likeness (QED) is 0.563. The molecule has 2 heterocycles. The number of hydrogen-bond donors (Lipinski definition) is 1. The smallest absolute Gasteiger partial charge is 0.0392 e. The van der Waals surface area contributed by atoms with Crippen molar-refractivity contribution in [2.24, 2.45) is 4.99 Å². The average Bonchev–Trinajstić information content (AvgIpc) is 2.57. The summed E-state index contributed by atoms with van der Waals surface area (Å²) in [6.45, 7) is 5.67. The number of hydrogen-bond acceptors (Lipinski definition) is 2. The van der Waals surface area contributed by atoms with Crippen LogP contribution in [-0.4, -0.2) is 25.3 Å². The minimum Gasteiger partial charge on any atom is -0.317 e. The number of rotatable bonds is 0. The van der Waals surface area contributed by atoms with Crippen molar-refractivity contribution in [2.75, 3.05) is 19.6 Å². The summed E-state index contributed by atoms with van der Waals surface area (Å²) in [6, 6.07) is 0. The van der Waals surface area contributed by atoms with Gasteiger partial charge in [-0.1, -0.05) is 0 Å². The zero-order valence-corrected chi connectivity index (χ0v) is 7.40. The molecule has 1 N–H and O–H groups in total. The first-order chi connectivity index (χ1) is 5.39. The molecular formula is C9H18N2. The van der Waals surface area contributed by atoms with Crippen molar-refractivity contribution in [3.8, 4) is 0 Å². The lowest BCUT2D eigenvalue weighted by Crippen LogP contribution is -2.03. The molecule has 64 valence electrons. The van der Waals surface area contributed by atoms with E-state index in [0.717, 1.165) is 6.54 Å². The third-order valence-electron chi connectivity index (χ3n) is 2.04. The lowest BCUT2D eigenvalue weighted by Gasteiger charge is -1.76. The van der Waals surface area contributed by atoms with Crippen molar-refractivity contribution in [3.05, 3.63) is 0 Å². The molecule has 0 bridgehead atoms. The number of nitrogens with zero attached hydrogens (tertiary/aromatic N) is 1. The second-order valence-electron chi connectivity index (χ2n) is 3.18. The van der Waals surface area contributed by atoms with Crippen LogP contribution in [0, 0.1) is 0 Å². The molecule has 0 spiro atoms. The topological polar surface area (TPSA) is 24.4 Å². The Morgan fingerprint density at radius 2 is 1.91 bits per heavy atom. The van der Waals surface area contributed by atoms with Crippen LogP contribution in [0.4, 0.5) is 0 Å². The van der Waals surface area contributed by atoms with Crippen molar-refractivity contribution in [1.82, 2.24) is 5.32 Å². The van der Waals surface area contributed by atoms with Gasteiger partial charge in [0.15, 0.2) is 0 Å². The van der Waals surface area contributed by atoms with Gasteiger partial charge >= 0.3 is 0 Å². The van der Waals surface area contributed by atoms with E-state index < -0.39 is 0 Å². The molecule has 1 saturated heterocycles. The van der Waals surface area contributed by atoms with Gasteiger partial charge in [-0.25, -0.2) is 0 Å². The summed E-state index contributed by atoms with van der Waals surface area (Å²) < 4.78 is 0. The summed E-state index contributed by atoms with van der Waals surface area (Å²) in [5.41, 5.74) is 1.33. The summed E-state index contributed by atoms with van der Waals surface area (Å²) in [5.74, 6) is 0. The highest BCUT2D eigenvalue weighted by molar-refractivity contribution is 5.83. The molecule has 2 heteroatoms. The van der Waals surface area contributed by atoms with Crippen molar-refractivity contribution in [2.45, 2.75) is 32.6 Å². The maximum absolute atomic E-state index is 4.15. The maximum atomic E-state index is 4.15. The van der Waals surface area contributed by atoms with Crippen LogP contribution in [0.3, 0.4) is 0 Å². The van der Waals surface area contributed by atoms with Crippen molar-refractivity contribution in [3.63, 3.8) is 0 Å². The van der Waals surface area contributed by atoms with E-state index in [1.165, 1.54) is 44.5 Å². The Morgan fingerprint density at radius 3 is 2.09 bits per heavy atom. The van der Waals surface area contributed by atoms with Gasteiger partial charge in [0, 0.05) is 12.3 Å². The van der Waals surface area contributed by atoms with E-state index in [-0.39, 0.29) is 0 Å². The zero-order chi connectivity index (χ0) is 7.94. The van der Waals surface area contributed by atoms with Crippen LogP contribution >= 0.6 is 0 Å². The fourth-order valence-corrected chi connectivity index (χ4v) is 1.31. The van der Waals surface area contributed by atoms with E-state index in [1.807, 2.05) is 0 Å². The molecule has 0 aromatic heterocycles. The predicted molar refractivity (Wildman–Crippen MR) is 49.3 cm³/mol. The molecular weight excluding hydrogens is 136 g/mol. The Kier molecular flexibility index (Phi) is 4.21. The fraction of sp³-hybridized carbons (Fsp3) is 0.889. The van der Waals surface area contributed by atoms with Crippen LogP contribution in [0.25, 0.3) is 0 Å². The van der Waals surface area contributed by atoms with Crippen LogP contribution in [0.5, 0.6) is 0 Å². The Labute approximate surface area is 69.1 Å². The van der Waals surface area contributed by atoms with Gasteiger partial charge in [0.25, 0.3) is 0 Å². The van der Waals surface area contributed by atoms with E-state index in [1.54, 1.807) is 0 Å². The van der Waals surface area contributed by atoms with E-state index in [0.29, 0.717) is 0 Å². The van der Waals surface area contributed by atoms with Gasteiger partial charge in [0.1, 0.15) is 0 Å². The summed E-state index contributed by atoms with van der Waals surface area (Å²) in [4.78, 5) is 4.15. The molecule has 0 aromatic rings. The highest BCUT2D eigenvalue weighted by Crippen LogP contribution is 2.00. The van der Waals surface area contributed by atoms with Gasteiger partial charge < -0.3 is 5.32 Å². The Balaban J connectivity index is 0.000000112. The largest absolute Gasteiger partial charge is 0.317 e. The summed E-state index contributed by atoms with van der Waals surface area (Å²) in [5, 5.41) is 3.22. The van der Waals surface area contributed by atoms with Crippen molar-refractivity contribution in [1.29, 1.82) is 0 Å². The summed E-state index contributed by atoms with van der Waals surface area (Å²) in [7, 11) is 0. The first-order valence-electron chi connectivity index (χ1n) is 4.60. The summed E-state index contributed by atoms with van der Waals surface area (Å²) in [6.07, 6.45) is 5.30. The van der Waals surface area contributed by atoms with Crippen LogP contribution in [0.15, 0.2) is 4.99 Å². The minimum absolute atomic E-state index is 1.08. The third-order valence-corrected chi connectivity index (χ3v) is 2.04. The molecule has 11 heavy (non-hydrogen) atoms. The normalized spacial score (nSPS) is 22.5. The van der Waals surface area contributed by atoms with Crippen LogP contribution in [-0.2, 0) is 0 Å². The molecule has 2 nitrogen and oxygen atoms in total. The van der Waals surface area contributed by atoms with Gasteiger partial charge in [0.05, 0.1) is 0 Å². The molecule has 2 aliphatic rings. The van der Waals surface area contributed by atoms with Gasteiger partial charge in [-0.05, 0) is 45.7 Å². The third kappa shape index (κ3) is 4.14. The first-order valence-corrected chi connectivity index (χ1v) is 4.60. The predicted octanol–water partition coefficient (Wildman–Crippen LogP) is 1.61. The van der Waals surface area contributed by atoms with Crippen LogP contribution in [0.2, 0.25) is 0 Å². The van der Waals surface area contributed by atoms with Crippen LogP contribution in [0.1, 0.15) is 32.6 Å². The molecule has 0 aliphatic carbocycles. The zero-order valence-electron chi connectivity index (χ0n) is 7.40. The Morgan fingerprint density at radius 1 is 1.18 bits per heavy atom. The first kappa shape index (κ1) is 8.72. The summed E-state index contributed by atoms with van der Waals surface area (Å²) >= 11 is 0. The van der Waals surface area contributed by atoms with E-state index in [4.69, 9.17) is 0 Å². The molecule has 0 amide bonds. The maximum Gasteiger partial charge on any atom is 0.0392 e. The Hall–Kier alpha value is -0.370. The highest BCUT2D eigenvalue weighted by Gasteiger charge is 1.96. The van der Waals surface area contributed by atoms with Gasteiger partial charge in [-0.15, -0.1) is 0 Å². The monoisotopic (exact) mass is 154 g/mol. The SMILES string of the molecule is C1CCNC1.CC1=NCCC1. The van der Waals surface area contributed by atoms with Crippen molar-refractivity contribution >= 4 is 5.71 Å². The van der Waals surface area contributed by atoms with Crippen LogP contribution < -0.4 is 5.32 Å². The van der Waals surface area contributed by atoms with Gasteiger partial charge in [-0.3, -0.25) is 4.99 Å². The molecule has 0 unspecified atom stereocenters. The van der Waals surface area contributed by atoms with E-state index in [2.05, 4.69) is 17.2 Å². The number of nitrogens with one attached hydrogen (secondary N) is 1. The number of aliphatic imine (C=N–C) groups is 1. The highest BCUT2D eigenvalue weighted by atomic mass is 14.9. The molecule has 0 atom stereocenters. The van der Waals surface area contributed by atoms with E-state index in [9.17, 15) is 0 Å². The molecule has 2 aliphatic heterocycles. The van der Waals surface area contributed by atoms with Gasteiger partial charge in [0.2, 0.25) is 0 Å². The second-order valence-corrected chi connectivity index (χ2v) is 3.18. The van der Waals surface area contributed by atoms with E-state index >= 15 is 0 Å². The average molecular weight is 154 g/mol. The van der Waals surface area contributed by atoms with Gasteiger partial charge in [-0.2, -0.15) is 0 Å². The standard InChI is InChI=1S/C5H9N.C4H9N/c1-5-3-2-4-6-5;1-2-4-5-3-1/h2-4H2,1H3;5H,1-4H2. The molecule has 0 saturated carbocycles. The fourth-order valence-electron chi connectivity index (χ4n) is 1.31. The second kappa shape index (κ2) is 5.30. The molecule has 1 fully saturated rings.